The molecule has 10 nitrogen and oxygen atoms in total. The molecule has 1 atom stereocenters. The molecule has 0 radical (unpaired) electrons. The van der Waals surface area contributed by atoms with Crippen LogP contribution in [-0.4, -0.2) is 55.4 Å². The van der Waals surface area contributed by atoms with Gasteiger partial charge in [0, 0.05) is 26.2 Å². The number of allylic oxidation sites excluding steroid dienone is 2. The fraction of sp³-hybridized carbons (Fsp3) is 0.848. The summed E-state index contributed by atoms with van der Waals surface area (Å²) in [6.45, 7) is 11.7. The maximum atomic E-state index is 10.4. The quantitative estimate of drug-likeness (QED) is 0.0309. The molecule has 1 unspecified atom stereocenters. The lowest BCUT2D eigenvalue weighted by Gasteiger charge is -2.06. The van der Waals surface area contributed by atoms with E-state index in [9.17, 15) is 19.2 Å². The van der Waals surface area contributed by atoms with Crippen molar-refractivity contribution in [2.24, 2.45) is 5.92 Å². The highest BCUT2D eigenvalue weighted by Crippen LogP contribution is 2.12. The zero-order valence-corrected chi connectivity index (χ0v) is 37.1. The number of aliphatic carboxylic acids is 5. The van der Waals surface area contributed by atoms with E-state index in [4.69, 9.17) is 30.3 Å². The van der Waals surface area contributed by atoms with Gasteiger partial charge in [-0.1, -0.05) is 175 Å². The Bertz CT molecular complexity index is 868. The topological polar surface area (TPSA) is 186 Å². The molecular formula is C46H90O10. The molecule has 56 heavy (non-hydrogen) atoms. The molecule has 0 heterocycles. The zero-order chi connectivity index (χ0) is 43.5. The summed E-state index contributed by atoms with van der Waals surface area (Å²) in [5, 5.41) is 41.1. The van der Waals surface area contributed by atoms with Gasteiger partial charge in [-0.3, -0.25) is 24.0 Å². The van der Waals surface area contributed by atoms with E-state index in [0.29, 0.717) is 19.3 Å². The van der Waals surface area contributed by atoms with Crippen molar-refractivity contribution in [3.05, 3.63) is 12.2 Å². The predicted octanol–water partition coefficient (Wildman–Crippen LogP) is 14.1. The molecule has 334 valence electrons. The average molecular weight is 803 g/mol. The van der Waals surface area contributed by atoms with Gasteiger partial charge in [0.05, 0.1) is 5.92 Å². The normalized spacial score (nSPS) is 10.7. The molecule has 10 heteroatoms. The van der Waals surface area contributed by atoms with Crippen molar-refractivity contribution in [1.82, 2.24) is 0 Å². The minimum absolute atomic E-state index is 0.111. The Balaban J connectivity index is -0.000000209. The molecule has 0 aromatic carbocycles. The first kappa shape index (κ1) is 62.3. The second kappa shape index (κ2) is 56.4. The van der Waals surface area contributed by atoms with Crippen LogP contribution < -0.4 is 0 Å². The van der Waals surface area contributed by atoms with Gasteiger partial charge < -0.3 is 25.5 Å². The summed E-state index contributed by atoms with van der Waals surface area (Å²) in [6, 6.07) is 0. The molecule has 0 rings (SSSR count). The molecule has 5 N–H and O–H groups in total. The first-order valence-electron chi connectivity index (χ1n) is 22.5. The Morgan fingerprint density at radius 2 is 0.643 bits per heavy atom. The molecule has 0 aromatic heterocycles. The van der Waals surface area contributed by atoms with Crippen LogP contribution in [0.5, 0.6) is 0 Å². The van der Waals surface area contributed by atoms with Gasteiger partial charge in [-0.05, 0) is 57.8 Å². The van der Waals surface area contributed by atoms with E-state index in [0.717, 1.165) is 71.1 Å². The van der Waals surface area contributed by atoms with E-state index in [1.54, 1.807) is 0 Å². The number of rotatable bonds is 34. The molecule has 0 saturated carbocycles. The number of hydrogen-bond donors (Lipinski definition) is 5. The maximum absolute atomic E-state index is 10.4. The smallest absolute Gasteiger partial charge is 0.306 e. The highest BCUT2D eigenvalue weighted by Gasteiger charge is 2.12. The van der Waals surface area contributed by atoms with Crippen molar-refractivity contribution < 1.29 is 49.5 Å². The van der Waals surface area contributed by atoms with E-state index in [2.05, 4.69) is 39.8 Å². The summed E-state index contributed by atoms with van der Waals surface area (Å²) < 4.78 is 0. The van der Waals surface area contributed by atoms with Crippen LogP contribution in [0.25, 0.3) is 0 Å². The molecule has 0 aliphatic heterocycles. The fourth-order valence-electron chi connectivity index (χ4n) is 5.41. The summed E-state index contributed by atoms with van der Waals surface area (Å²) in [7, 11) is 0. The van der Waals surface area contributed by atoms with Crippen LogP contribution in [0.4, 0.5) is 0 Å². The number of unbranched alkanes of at least 4 members (excludes halogenated alkanes) is 22. The second-order valence-electron chi connectivity index (χ2n) is 14.7. The monoisotopic (exact) mass is 803 g/mol. The van der Waals surface area contributed by atoms with Crippen molar-refractivity contribution in [3.63, 3.8) is 0 Å². The van der Waals surface area contributed by atoms with Gasteiger partial charge in [0.15, 0.2) is 0 Å². The van der Waals surface area contributed by atoms with Crippen molar-refractivity contribution in [1.29, 1.82) is 0 Å². The zero-order valence-electron chi connectivity index (χ0n) is 37.1. The van der Waals surface area contributed by atoms with Crippen LogP contribution in [0, 0.1) is 5.92 Å². The number of carboxylic acid groups (broad SMARTS) is 5. The second-order valence-corrected chi connectivity index (χ2v) is 14.7. The lowest BCUT2D eigenvalue weighted by molar-refractivity contribution is -0.142. The van der Waals surface area contributed by atoms with E-state index >= 15 is 0 Å². The minimum atomic E-state index is -0.833. The third-order valence-corrected chi connectivity index (χ3v) is 8.89. The van der Waals surface area contributed by atoms with E-state index in [1.807, 2.05) is 6.92 Å². The van der Waals surface area contributed by atoms with E-state index in [-0.39, 0.29) is 5.92 Å². The van der Waals surface area contributed by atoms with Crippen LogP contribution in [-0.2, 0) is 24.0 Å². The molecule has 0 aliphatic rings. The lowest BCUT2D eigenvalue weighted by Crippen LogP contribution is -2.11. The highest BCUT2D eigenvalue weighted by atomic mass is 16.4. The minimum Gasteiger partial charge on any atom is -0.481 e. The Hall–Kier alpha value is -2.91. The molecule has 0 fully saturated rings. The maximum Gasteiger partial charge on any atom is 0.306 e. The average Bonchev–Trinajstić information content (AvgIpc) is 3.13. The molecule has 0 saturated heterocycles. The third-order valence-electron chi connectivity index (χ3n) is 8.89. The van der Waals surface area contributed by atoms with Gasteiger partial charge in [-0.25, -0.2) is 0 Å². The fourth-order valence-corrected chi connectivity index (χ4v) is 5.41. The van der Waals surface area contributed by atoms with Gasteiger partial charge in [-0.2, -0.15) is 0 Å². The molecule has 0 aliphatic carbocycles. The summed E-state index contributed by atoms with van der Waals surface area (Å²) in [4.78, 5) is 49.9. The number of hydrogen-bond acceptors (Lipinski definition) is 5. The first-order chi connectivity index (χ1) is 26.8. The number of carboxylic acids is 5. The van der Waals surface area contributed by atoms with Gasteiger partial charge in [0.2, 0.25) is 0 Å². The Labute approximate surface area is 343 Å². The van der Waals surface area contributed by atoms with Crippen LogP contribution in [0.2, 0.25) is 0 Å². The largest absolute Gasteiger partial charge is 0.481 e. The van der Waals surface area contributed by atoms with Gasteiger partial charge in [0.1, 0.15) is 0 Å². The van der Waals surface area contributed by atoms with E-state index in [1.165, 1.54) is 122 Å². The SMILES string of the molecule is CC(=O)O.CCCCC(CC)C(=O)O.CCCCCCCC(=O)O.CCCCCCCC/C=C\CCCCCCCC(=O)O.CCCCCCCCCC(=O)O. The lowest BCUT2D eigenvalue weighted by atomic mass is 10.00. The molecular weight excluding hydrogens is 712 g/mol. The molecule has 0 amide bonds. The summed E-state index contributed by atoms with van der Waals surface area (Å²) in [5.74, 6) is -3.58. The van der Waals surface area contributed by atoms with Crippen molar-refractivity contribution in [2.45, 2.75) is 247 Å². The van der Waals surface area contributed by atoms with Gasteiger partial charge in [-0.15, -0.1) is 0 Å². The highest BCUT2D eigenvalue weighted by molar-refractivity contribution is 5.69. The van der Waals surface area contributed by atoms with Crippen molar-refractivity contribution in [3.8, 4) is 0 Å². The van der Waals surface area contributed by atoms with Crippen LogP contribution in [0.1, 0.15) is 247 Å². The van der Waals surface area contributed by atoms with Gasteiger partial charge in [0.25, 0.3) is 5.97 Å². The predicted molar refractivity (Wildman–Crippen MR) is 233 cm³/mol. The van der Waals surface area contributed by atoms with Crippen LogP contribution >= 0.6 is 0 Å². The summed E-state index contributed by atoms with van der Waals surface area (Å²) in [6.07, 6.45) is 39.5. The van der Waals surface area contributed by atoms with Crippen molar-refractivity contribution in [2.75, 3.05) is 0 Å². The van der Waals surface area contributed by atoms with Crippen molar-refractivity contribution >= 4 is 29.8 Å². The van der Waals surface area contributed by atoms with Gasteiger partial charge >= 0.3 is 23.9 Å². The number of carbonyl (C=O) groups is 5. The summed E-state index contributed by atoms with van der Waals surface area (Å²) >= 11 is 0. The third kappa shape index (κ3) is 79.8. The van der Waals surface area contributed by atoms with E-state index < -0.39 is 29.8 Å². The molecule has 0 bridgehead atoms. The molecule has 0 spiro atoms. The standard InChI is InChI=1S/C18H34O2.C10H20O2.2C8H16O2.C2H4O2/c1-2-3-4-5-6-7-8-9-10-11-12-13-14-15-16-17-18(19)20;1-2-3-4-5-6-7-8-9-10(11)12;1-3-5-6-7(4-2)8(9)10;1-2-3-4-5-6-7-8(9)10;1-2(3)4/h9-10H,2-8,11-17H2,1H3,(H,19,20);2-9H2,1H3,(H,11,12);7H,3-6H2,1-2H3,(H,9,10);2-7H2,1H3,(H,9,10);1H3,(H,3,4)/b10-9-;;;;. The Morgan fingerprint density at radius 1 is 0.393 bits per heavy atom. The Morgan fingerprint density at radius 3 is 0.875 bits per heavy atom. The molecule has 0 aromatic rings. The van der Waals surface area contributed by atoms with Crippen LogP contribution in [0.3, 0.4) is 0 Å². The Kier molecular flexibility index (Phi) is 62.8. The van der Waals surface area contributed by atoms with Crippen LogP contribution in [0.15, 0.2) is 12.2 Å². The first-order valence-corrected chi connectivity index (χ1v) is 22.5. The summed E-state index contributed by atoms with van der Waals surface area (Å²) in [5.41, 5.74) is 0.